The minimum Gasteiger partial charge on any atom is -0.378 e. The molecule has 1 fully saturated rings. The van der Waals surface area contributed by atoms with Gasteiger partial charge in [0.15, 0.2) is 0 Å². The van der Waals surface area contributed by atoms with Gasteiger partial charge in [-0.15, -0.1) is 0 Å². The molecule has 0 bridgehead atoms. The highest BCUT2D eigenvalue weighted by molar-refractivity contribution is 5.88. The number of hydrogen-bond donors (Lipinski definition) is 1. The molecule has 154 valence electrons. The second-order valence-corrected chi connectivity index (χ2v) is 8.89. The number of likely N-dealkylation sites (tertiary alicyclic amines) is 1. The molecule has 1 atom stereocenters. The Balaban J connectivity index is 1.34. The van der Waals surface area contributed by atoms with Gasteiger partial charge in [0.1, 0.15) is 0 Å². The van der Waals surface area contributed by atoms with Gasteiger partial charge in [-0.05, 0) is 91.6 Å². The number of carbonyl (C=O) groups excluding carboxylic acids is 1. The Morgan fingerprint density at radius 2 is 1.79 bits per heavy atom. The van der Waals surface area contributed by atoms with E-state index in [0.717, 1.165) is 18.7 Å². The van der Waals surface area contributed by atoms with Crippen LogP contribution in [0.4, 0.5) is 11.4 Å². The molecule has 1 saturated heterocycles. The van der Waals surface area contributed by atoms with Crippen LogP contribution in [-0.2, 0) is 11.2 Å². The molecule has 0 saturated carbocycles. The summed E-state index contributed by atoms with van der Waals surface area (Å²) in [6, 6.07) is 15.5. The smallest absolute Gasteiger partial charge is 0.221 e. The zero-order chi connectivity index (χ0) is 20.4. The number of benzene rings is 2. The van der Waals surface area contributed by atoms with Gasteiger partial charge in [0.2, 0.25) is 5.91 Å². The molecular formula is C25H33N3O. The molecule has 0 spiro atoms. The first-order valence-electron chi connectivity index (χ1n) is 10.9. The quantitative estimate of drug-likeness (QED) is 0.808. The van der Waals surface area contributed by atoms with Crippen LogP contribution in [0.15, 0.2) is 42.5 Å². The van der Waals surface area contributed by atoms with Gasteiger partial charge in [-0.3, -0.25) is 4.79 Å². The molecule has 0 radical (unpaired) electrons. The van der Waals surface area contributed by atoms with Gasteiger partial charge in [0.25, 0.3) is 0 Å². The molecule has 0 aromatic heterocycles. The number of nitrogens with one attached hydrogen (secondary N) is 1. The van der Waals surface area contributed by atoms with Gasteiger partial charge >= 0.3 is 0 Å². The summed E-state index contributed by atoms with van der Waals surface area (Å²) in [5.41, 5.74) is 6.59. The van der Waals surface area contributed by atoms with Crippen molar-refractivity contribution in [2.45, 2.75) is 44.4 Å². The Morgan fingerprint density at radius 3 is 2.45 bits per heavy atom. The van der Waals surface area contributed by atoms with Crippen LogP contribution in [0.2, 0.25) is 0 Å². The van der Waals surface area contributed by atoms with E-state index in [4.69, 9.17) is 0 Å². The maximum atomic E-state index is 11.4. The number of fused-ring (bicyclic) bond motifs is 1. The summed E-state index contributed by atoms with van der Waals surface area (Å²) in [5, 5.41) is 2.94. The third-order valence-corrected chi connectivity index (χ3v) is 6.62. The van der Waals surface area contributed by atoms with Gasteiger partial charge < -0.3 is 15.1 Å². The number of aryl methyl sites for hydroxylation is 1. The van der Waals surface area contributed by atoms with Gasteiger partial charge in [-0.2, -0.15) is 0 Å². The van der Waals surface area contributed by atoms with Crippen LogP contribution in [0, 0.1) is 0 Å². The second-order valence-electron chi connectivity index (χ2n) is 8.89. The molecule has 1 aliphatic heterocycles. The van der Waals surface area contributed by atoms with Crippen molar-refractivity contribution >= 4 is 17.3 Å². The molecule has 1 aliphatic carbocycles. The van der Waals surface area contributed by atoms with Crippen LogP contribution in [0.5, 0.6) is 0 Å². The maximum absolute atomic E-state index is 11.4. The second kappa shape index (κ2) is 8.58. The number of piperidine rings is 1. The van der Waals surface area contributed by atoms with Crippen molar-refractivity contribution in [1.82, 2.24) is 4.90 Å². The van der Waals surface area contributed by atoms with Crippen molar-refractivity contribution < 1.29 is 4.79 Å². The van der Waals surface area contributed by atoms with Crippen molar-refractivity contribution in [3.8, 4) is 0 Å². The lowest BCUT2D eigenvalue weighted by atomic mass is 9.88. The highest BCUT2D eigenvalue weighted by atomic mass is 16.1. The third kappa shape index (κ3) is 4.64. The summed E-state index contributed by atoms with van der Waals surface area (Å²) in [5.74, 6) is 1.28. The topological polar surface area (TPSA) is 35.6 Å². The van der Waals surface area contributed by atoms with Crippen molar-refractivity contribution in [1.29, 1.82) is 0 Å². The minimum absolute atomic E-state index is 0.000170. The fraction of sp³-hybridized carbons (Fsp3) is 0.480. The van der Waals surface area contributed by atoms with E-state index in [9.17, 15) is 4.79 Å². The first-order chi connectivity index (χ1) is 14.0. The standard InChI is InChI=1S/C25H33N3O/c1-18(29)26-23-9-6-21-4-5-22(25(21)16-23)17-28-14-12-20(13-15-28)19-7-10-24(11-8-19)27(2)3/h6-11,16,20,22H,4-5,12-15,17H2,1-3H3,(H,26,29). The Labute approximate surface area is 174 Å². The lowest BCUT2D eigenvalue weighted by molar-refractivity contribution is -0.114. The zero-order valence-corrected chi connectivity index (χ0v) is 17.9. The van der Waals surface area contributed by atoms with Gasteiger partial charge in [0.05, 0.1) is 0 Å². The van der Waals surface area contributed by atoms with E-state index in [-0.39, 0.29) is 5.91 Å². The number of anilines is 2. The summed E-state index contributed by atoms with van der Waals surface area (Å²) in [6.07, 6.45) is 4.87. The van der Waals surface area contributed by atoms with Crippen LogP contribution < -0.4 is 10.2 Å². The highest BCUT2D eigenvalue weighted by Gasteiger charge is 2.27. The fourth-order valence-corrected chi connectivity index (χ4v) is 4.96. The minimum atomic E-state index is 0.000170. The maximum Gasteiger partial charge on any atom is 0.221 e. The molecule has 2 aromatic carbocycles. The van der Waals surface area contributed by atoms with Crippen LogP contribution in [0.3, 0.4) is 0 Å². The van der Waals surface area contributed by atoms with E-state index in [2.05, 4.69) is 65.6 Å². The zero-order valence-electron chi connectivity index (χ0n) is 17.9. The SMILES string of the molecule is CC(=O)Nc1ccc2c(c1)C(CN1CCC(c3ccc(N(C)C)cc3)CC1)CC2. The Kier molecular flexibility index (Phi) is 5.91. The lowest BCUT2D eigenvalue weighted by Crippen LogP contribution is -2.35. The van der Waals surface area contributed by atoms with E-state index in [1.807, 2.05) is 6.07 Å². The predicted octanol–water partition coefficient (Wildman–Crippen LogP) is 4.62. The normalized spacial score (nSPS) is 19.8. The largest absolute Gasteiger partial charge is 0.378 e. The molecule has 2 aliphatic rings. The number of amides is 1. The van der Waals surface area contributed by atoms with E-state index in [1.54, 1.807) is 6.92 Å². The van der Waals surface area contributed by atoms with E-state index >= 15 is 0 Å². The Hall–Kier alpha value is -2.33. The number of rotatable bonds is 5. The van der Waals surface area contributed by atoms with Crippen LogP contribution >= 0.6 is 0 Å². The van der Waals surface area contributed by atoms with Gasteiger partial charge in [0, 0.05) is 38.9 Å². The van der Waals surface area contributed by atoms with Gasteiger partial charge in [-0.1, -0.05) is 18.2 Å². The summed E-state index contributed by atoms with van der Waals surface area (Å²) >= 11 is 0. The van der Waals surface area contributed by atoms with Crippen molar-refractivity contribution in [3.63, 3.8) is 0 Å². The van der Waals surface area contributed by atoms with Crippen molar-refractivity contribution in [2.75, 3.05) is 43.9 Å². The monoisotopic (exact) mass is 391 g/mol. The van der Waals surface area contributed by atoms with E-state index < -0.39 is 0 Å². The average molecular weight is 392 g/mol. The van der Waals surface area contributed by atoms with Crippen molar-refractivity contribution in [3.05, 3.63) is 59.2 Å². The summed E-state index contributed by atoms with van der Waals surface area (Å²) in [6.45, 7) is 5.07. The number of carbonyl (C=O) groups is 1. The van der Waals surface area contributed by atoms with E-state index in [0.29, 0.717) is 11.8 Å². The van der Waals surface area contributed by atoms with Crippen LogP contribution in [0.1, 0.15) is 54.7 Å². The number of hydrogen-bond acceptors (Lipinski definition) is 3. The fourth-order valence-electron chi connectivity index (χ4n) is 4.96. The predicted molar refractivity (Wildman–Crippen MR) is 121 cm³/mol. The first-order valence-corrected chi connectivity index (χ1v) is 10.9. The molecule has 1 N–H and O–H groups in total. The van der Waals surface area contributed by atoms with Crippen LogP contribution in [0.25, 0.3) is 0 Å². The average Bonchev–Trinajstić information content (AvgIpc) is 3.10. The summed E-state index contributed by atoms with van der Waals surface area (Å²) in [7, 11) is 4.18. The molecule has 1 unspecified atom stereocenters. The molecule has 4 nitrogen and oxygen atoms in total. The molecular weight excluding hydrogens is 358 g/mol. The molecule has 29 heavy (non-hydrogen) atoms. The Bertz CT molecular complexity index is 851. The summed E-state index contributed by atoms with van der Waals surface area (Å²) in [4.78, 5) is 16.2. The Morgan fingerprint density at radius 1 is 1.07 bits per heavy atom. The number of nitrogens with zero attached hydrogens (tertiary/aromatic N) is 2. The van der Waals surface area contributed by atoms with Crippen molar-refractivity contribution in [2.24, 2.45) is 0 Å². The highest BCUT2D eigenvalue weighted by Crippen LogP contribution is 2.37. The van der Waals surface area contributed by atoms with E-state index in [1.165, 1.54) is 54.7 Å². The molecule has 4 rings (SSSR count). The molecule has 1 heterocycles. The molecule has 1 amide bonds. The van der Waals surface area contributed by atoms with Gasteiger partial charge in [-0.25, -0.2) is 0 Å². The lowest BCUT2D eigenvalue weighted by Gasteiger charge is -2.34. The molecule has 2 aromatic rings. The third-order valence-electron chi connectivity index (χ3n) is 6.62. The molecule has 4 heteroatoms. The summed E-state index contributed by atoms with van der Waals surface area (Å²) < 4.78 is 0. The van der Waals surface area contributed by atoms with Crippen LogP contribution in [-0.4, -0.2) is 44.5 Å². The first kappa shape index (κ1) is 20.0.